The van der Waals surface area contributed by atoms with Crippen molar-refractivity contribution in [1.82, 2.24) is 9.80 Å². The molecule has 4 heteroatoms. The lowest BCUT2D eigenvalue weighted by Crippen LogP contribution is -2.55. The first-order chi connectivity index (χ1) is 6.69. The van der Waals surface area contributed by atoms with E-state index < -0.39 is 0 Å². The SMILES string of the molecule is CCN1CC(C)N(CCCN)CC1=O. The van der Waals surface area contributed by atoms with Crippen LogP contribution in [0.4, 0.5) is 0 Å². The van der Waals surface area contributed by atoms with Crippen molar-refractivity contribution in [3.63, 3.8) is 0 Å². The fourth-order valence-corrected chi connectivity index (χ4v) is 1.87. The van der Waals surface area contributed by atoms with Crippen LogP contribution in [-0.4, -0.2) is 54.5 Å². The molecule has 2 N–H and O–H groups in total. The molecule has 1 aliphatic heterocycles. The second-order valence-electron chi connectivity index (χ2n) is 3.89. The van der Waals surface area contributed by atoms with Gasteiger partial charge in [0.05, 0.1) is 6.54 Å². The zero-order valence-electron chi connectivity index (χ0n) is 9.20. The molecule has 1 rings (SSSR count). The van der Waals surface area contributed by atoms with E-state index in [1.54, 1.807) is 0 Å². The van der Waals surface area contributed by atoms with Crippen LogP contribution < -0.4 is 5.73 Å². The number of likely N-dealkylation sites (N-methyl/N-ethyl adjacent to an activating group) is 1. The Morgan fingerprint density at radius 2 is 2.29 bits per heavy atom. The summed E-state index contributed by atoms with van der Waals surface area (Å²) in [5.41, 5.74) is 5.46. The lowest BCUT2D eigenvalue weighted by Gasteiger charge is -2.38. The maximum absolute atomic E-state index is 11.6. The molecule has 0 aromatic heterocycles. The molecule has 0 aliphatic carbocycles. The smallest absolute Gasteiger partial charge is 0.236 e. The minimum atomic E-state index is 0.252. The van der Waals surface area contributed by atoms with E-state index in [2.05, 4.69) is 11.8 Å². The number of carbonyl (C=O) groups is 1. The van der Waals surface area contributed by atoms with Gasteiger partial charge in [0.15, 0.2) is 0 Å². The molecule has 1 unspecified atom stereocenters. The van der Waals surface area contributed by atoms with Gasteiger partial charge in [0.1, 0.15) is 0 Å². The van der Waals surface area contributed by atoms with Gasteiger partial charge in [-0.1, -0.05) is 0 Å². The molecule has 0 spiro atoms. The highest BCUT2D eigenvalue weighted by molar-refractivity contribution is 5.79. The van der Waals surface area contributed by atoms with E-state index in [9.17, 15) is 4.79 Å². The Morgan fingerprint density at radius 1 is 1.57 bits per heavy atom. The summed E-state index contributed by atoms with van der Waals surface area (Å²) < 4.78 is 0. The maximum Gasteiger partial charge on any atom is 0.236 e. The Labute approximate surface area is 86.0 Å². The zero-order valence-corrected chi connectivity index (χ0v) is 9.20. The second-order valence-corrected chi connectivity index (χ2v) is 3.89. The van der Waals surface area contributed by atoms with E-state index in [1.807, 2.05) is 11.8 Å². The summed E-state index contributed by atoms with van der Waals surface area (Å²) in [4.78, 5) is 15.7. The number of nitrogens with two attached hydrogens (primary N) is 1. The maximum atomic E-state index is 11.6. The third-order valence-electron chi connectivity index (χ3n) is 2.83. The van der Waals surface area contributed by atoms with Gasteiger partial charge in [-0.3, -0.25) is 9.69 Å². The molecule has 1 atom stereocenters. The lowest BCUT2D eigenvalue weighted by atomic mass is 10.1. The summed E-state index contributed by atoms with van der Waals surface area (Å²) in [5, 5.41) is 0. The number of nitrogens with zero attached hydrogens (tertiary/aromatic N) is 2. The van der Waals surface area contributed by atoms with Crippen molar-refractivity contribution in [3.05, 3.63) is 0 Å². The molecule has 0 aromatic rings. The van der Waals surface area contributed by atoms with Gasteiger partial charge in [0.2, 0.25) is 5.91 Å². The average molecular weight is 199 g/mol. The summed E-state index contributed by atoms with van der Waals surface area (Å²) >= 11 is 0. The van der Waals surface area contributed by atoms with Crippen LogP contribution in [0.5, 0.6) is 0 Å². The van der Waals surface area contributed by atoms with Gasteiger partial charge in [-0.25, -0.2) is 0 Å². The number of hydrogen-bond acceptors (Lipinski definition) is 3. The normalized spacial score (nSPS) is 24.4. The van der Waals surface area contributed by atoms with Gasteiger partial charge in [-0.15, -0.1) is 0 Å². The highest BCUT2D eigenvalue weighted by Gasteiger charge is 2.27. The first-order valence-corrected chi connectivity index (χ1v) is 5.41. The van der Waals surface area contributed by atoms with Crippen LogP contribution in [0.1, 0.15) is 20.3 Å². The number of carbonyl (C=O) groups excluding carboxylic acids is 1. The van der Waals surface area contributed by atoms with E-state index >= 15 is 0 Å². The minimum absolute atomic E-state index is 0.252. The summed E-state index contributed by atoms with van der Waals surface area (Å²) in [7, 11) is 0. The Morgan fingerprint density at radius 3 is 2.86 bits per heavy atom. The Balaban J connectivity index is 2.44. The van der Waals surface area contributed by atoms with Gasteiger partial charge >= 0.3 is 0 Å². The Kier molecular flexibility index (Phi) is 4.35. The second kappa shape index (κ2) is 5.32. The number of amides is 1. The minimum Gasteiger partial charge on any atom is -0.340 e. The third kappa shape index (κ3) is 2.69. The van der Waals surface area contributed by atoms with Crippen LogP contribution in [0, 0.1) is 0 Å². The topological polar surface area (TPSA) is 49.6 Å². The molecule has 0 saturated carbocycles. The largest absolute Gasteiger partial charge is 0.340 e. The quantitative estimate of drug-likeness (QED) is 0.687. The van der Waals surface area contributed by atoms with Gasteiger partial charge in [0.25, 0.3) is 0 Å². The summed E-state index contributed by atoms with van der Waals surface area (Å²) in [6, 6.07) is 0.471. The molecule has 0 radical (unpaired) electrons. The fourth-order valence-electron chi connectivity index (χ4n) is 1.87. The van der Waals surface area contributed by atoms with E-state index in [-0.39, 0.29) is 5.91 Å². The molecule has 0 bridgehead atoms. The van der Waals surface area contributed by atoms with Crippen molar-refractivity contribution in [3.8, 4) is 0 Å². The molecule has 0 aromatic carbocycles. The van der Waals surface area contributed by atoms with Crippen molar-refractivity contribution in [2.75, 3.05) is 32.7 Å². The molecular formula is C10H21N3O. The first-order valence-electron chi connectivity index (χ1n) is 5.41. The van der Waals surface area contributed by atoms with Crippen molar-refractivity contribution in [1.29, 1.82) is 0 Å². The van der Waals surface area contributed by atoms with Crippen LogP contribution in [0.25, 0.3) is 0 Å². The molecule has 1 saturated heterocycles. The van der Waals surface area contributed by atoms with E-state index in [0.29, 0.717) is 19.1 Å². The van der Waals surface area contributed by atoms with Crippen LogP contribution in [0.15, 0.2) is 0 Å². The fraction of sp³-hybridized carbons (Fsp3) is 0.900. The number of hydrogen-bond donors (Lipinski definition) is 1. The summed E-state index contributed by atoms with van der Waals surface area (Å²) in [6.07, 6.45) is 0.976. The first kappa shape index (κ1) is 11.5. The summed E-state index contributed by atoms with van der Waals surface area (Å²) in [6.45, 7) is 8.10. The third-order valence-corrected chi connectivity index (χ3v) is 2.83. The van der Waals surface area contributed by atoms with Crippen LogP contribution in [-0.2, 0) is 4.79 Å². The Hall–Kier alpha value is -0.610. The van der Waals surface area contributed by atoms with E-state index in [4.69, 9.17) is 5.73 Å². The van der Waals surface area contributed by atoms with E-state index in [0.717, 1.165) is 26.1 Å². The average Bonchev–Trinajstić information content (AvgIpc) is 2.18. The molecular weight excluding hydrogens is 178 g/mol. The lowest BCUT2D eigenvalue weighted by molar-refractivity contribution is -0.137. The predicted molar refractivity (Wildman–Crippen MR) is 57.0 cm³/mol. The van der Waals surface area contributed by atoms with Crippen molar-refractivity contribution >= 4 is 5.91 Å². The van der Waals surface area contributed by atoms with Gasteiger partial charge < -0.3 is 10.6 Å². The predicted octanol–water partition coefficient (Wildman–Crippen LogP) is -0.112. The van der Waals surface area contributed by atoms with Crippen LogP contribution >= 0.6 is 0 Å². The molecule has 1 fully saturated rings. The summed E-state index contributed by atoms with van der Waals surface area (Å²) in [5.74, 6) is 0.252. The van der Waals surface area contributed by atoms with Gasteiger partial charge in [-0.2, -0.15) is 0 Å². The van der Waals surface area contributed by atoms with E-state index in [1.165, 1.54) is 0 Å². The molecule has 1 heterocycles. The van der Waals surface area contributed by atoms with Crippen molar-refractivity contribution in [2.45, 2.75) is 26.3 Å². The monoisotopic (exact) mass is 199 g/mol. The zero-order chi connectivity index (χ0) is 10.6. The van der Waals surface area contributed by atoms with Crippen molar-refractivity contribution < 1.29 is 4.79 Å². The van der Waals surface area contributed by atoms with Gasteiger partial charge in [0, 0.05) is 25.7 Å². The van der Waals surface area contributed by atoms with Crippen molar-refractivity contribution in [2.24, 2.45) is 5.73 Å². The number of rotatable bonds is 4. The Bertz CT molecular complexity index is 196. The number of piperazine rings is 1. The van der Waals surface area contributed by atoms with Crippen LogP contribution in [0.2, 0.25) is 0 Å². The standard InChI is InChI=1S/C10H21N3O/c1-3-12-7-9(2)13(6-4-5-11)8-10(12)14/h9H,3-8,11H2,1-2H3. The molecule has 82 valence electrons. The highest BCUT2D eigenvalue weighted by atomic mass is 16.2. The van der Waals surface area contributed by atoms with Gasteiger partial charge in [-0.05, 0) is 26.8 Å². The molecule has 4 nitrogen and oxygen atoms in total. The molecule has 1 aliphatic rings. The molecule has 14 heavy (non-hydrogen) atoms. The molecule has 1 amide bonds. The van der Waals surface area contributed by atoms with Crippen LogP contribution in [0.3, 0.4) is 0 Å². The highest BCUT2D eigenvalue weighted by Crippen LogP contribution is 2.10.